The van der Waals surface area contributed by atoms with Crippen molar-refractivity contribution in [2.45, 2.75) is 24.3 Å². The molecule has 0 aliphatic carbocycles. The molecule has 1 aromatic carbocycles. The van der Waals surface area contributed by atoms with Crippen LogP contribution in [-0.4, -0.2) is 14.8 Å². The zero-order valence-electron chi connectivity index (χ0n) is 12.7. The van der Waals surface area contributed by atoms with Gasteiger partial charge >= 0.3 is 0 Å². The molecule has 3 rings (SSSR count). The van der Waals surface area contributed by atoms with Crippen molar-refractivity contribution >= 4 is 34.7 Å². The molecule has 3 nitrogen and oxygen atoms in total. The van der Waals surface area contributed by atoms with Crippen molar-refractivity contribution in [1.82, 2.24) is 14.8 Å². The first-order valence-electron chi connectivity index (χ1n) is 7.12. The molecule has 0 radical (unpaired) electrons. The first-order chi connectivity index (χ1) is 11.1. The summed E-state index contributed by atoms with van der Waals surface area (Å²) in [4.78, 5) is 1.33. The van der Waals surface area contributed by atoms with Gasteiger partial charge in [-0.3, -0.25) is 0 Å². The number of thioether (sulfide) groups is 1. The van der Waals surface area contributed by atoms with Crippen LogP contribution in [0.2, 0.25) is 5.02 Å². The Bertz CT molecular complexity index is 829. The average Bonchev–Trinajstić information content (AvgIpc) is 3.13. The summed E-state index contributed by atoms with van der Waals surface area (Å²) in [7, 11) is 1.95. The Kier molecular flexibility index (Phi) is 5.04. The second kappa shape index (κ2) is 7.03. The lowest BCUT2D eigenvalue weighted by atomic mass is 10.2. The van der Waals surface area contributed by atoms with E-state index in [2.05, 4.69) is 28.6 Å². The van der Waals surface area contributed by atoms with E-state index in [4.69, 9.17) is 11.6 Å². The van der Waals surface area contributed by atoms with E-state index in [0.717, 1.165) is 28.5 Å². The molecule has 0 saturated heterocycles. The maximum atomic E-state index is 13.1. The molecule has 0 N–H and O–H groups in total. The number of aromatic nitrogens is 3. The van der Waals surface area contributed by atoms with Gasteiger partial charge in [0.2, 0.25) is 0 Å². The smallest absolute Gasteiger partial charge is 0.191 e. The first kappa shape index (κ1) is 16.5. The number of thiophene rings is 1. The van der Waals surface area contributed by atoms with Gasteiger partial charge in [0.25, 0.3) is 0 Å². The molecule has 7 heteroatoms. The molecule has 3 aromatic rings. The largest absolute Gasteiger partial charge is 0.305 e. The predicted octanol–water partition coefficient (Wildman–Crippen LogP) is 5.19. The van der Waals surface area contributed by atoms with Crippen LogP contribution in [0.1, 0.15) is 17.4 Å². The topological polar surface area (TPSA) is 30.7 Å². The van der Waals surface area contributed by atoms with Crippen LogP contribution in [0, 0.1) is 5.82 Å². The lowest BCUT2D eigenvalue weighted by Crippen LogP contribution is -1.94. The third-order valence-corrected chi connectivity index (χ3v) is 5.97. The highest BCUT2D eigenvalue weighted by molar-refractivity contribution is 7.98. The quantitative estimate of drug-likeness (QED) is 0.581. The third kappa shape index (κ3) is 3.59. The molecule has 2 heterocycles. The van der Waals surface area contributed by atoms with Gasteiger partial charge in [-0.15, -0.1) is 21.5 Å². The summed E-state index contributed by atoms with van der Waals surface area (Å²) < 4.78 is 15.1. The molecule has 0 amide bonds. The second-order valence-corrected chi connectivity index (χ2v) is 7.39. The van der Waals surface area contributed by atoms with E-state index in [-0.39, 0.29) is 5.82 Å². The number of halogens is 2. The van der Waals surface area contributed by atoms with Gasteiger partial charge in [-0.2, -0.15) is 0 Å². The fourth-order valence-corrected chi connectivity index (χ4v) is 4.20. The summed E-state index contributed by atoms with van der Waals surface area (Å²) in [5.41, 5.74) is 1.97. The van der Waals surface area contributed by atoms with Gasteiger partial charge in [0.05, 0.1) is 0 Å². The van der Waals surface area contributed by atoms with Crippen LogP contribution in [0.25, 0.3) is 11.4 Å². The summed E-state index contributed by atoms with van der Waals surface area (Å²) in [5.74, 6) is 1.15. The molecule has 0 unspecified atom stereocenters. The molecule has 0 aliphatic heterocycles. The lowest BCUT2D eigenvalue weighted by molar-refractivity contribution is 0.627. The van der Waals surface area contributed by atoms with Crippen LogP contribution in [-0.2, 0) is 19.2 Å². The Hall–Kier alpha value is -1.37. The maximum absolute atomic E-state index is 13.1. The van der Waals surface area contributed by atoms with E-state index in [1.54, 1.807) is 17.4 Å². The van der Waals surface area contributed by atoms with Crippen molar-refractivity contribution in [3.63, 3.8) is 0 Å². The van der Waals surface area contributed by atoms with Gasteiger partial charge in [-0.1, -0.05) is 36.4 Å². The number of hydrogen-bond donors (Lipinski definition) is 0. The van der Waals surface area contributed by atoms with E-state index in [1.807, 2.05) is 11.6 Å². The minimum atomic E-state index is -0.325. The summed E-state index contributed by atoms with van der Waals surface area (Å²) in [5, 5.41) is 11.9. The standard InChI is InChI=1S/C16H15ClFN3S2/c1-3-13-6-11(9-22-13)15-19-20-16(21(15)2)23-8-10-4-5-12(18)7-14(10)17/h4-7,9H,3,8H2,1-2H3. The van der Waals surface area contributed by atoms with E-state index in [9.17, 15) is 4.39 Å². The minimum absolute atomic E-state index is 0.325. The highest BCUT2D eigenvalue weighted by Gasteiger charge is 2.13. The van der Waals surface area contributed by atoms with Gasteiger partial charge in [0.15, 0.2) is 11.0 Å². The molecule has 23 heavy (non-hydrogen) atoms. The molecule has 0 fully saturated rings. The van der Waals surface area contributed by atoms with Crippen LogP contribution in [0.3, 0.4) is 0 Å². The maximum Gasteiger partial charge on any atom is 0.191 e. The minimum Gasteiger partial charge on any atom is -0.305 e. The SMILES string of the molecule is CCc1cc(-c2nnc(SCc3ccc(F)cc3Cl)n2C)cs1. The fraction of sp³-hybridized carbons (Fsp3) is 0.250. The molecule has 0 bridgehead atoms. The summed E-state index contributed by atoms with van der Waals surface area (Å²) in [6.45, 7) is 2.14. The van der Waals surface area contributed by atoms with Gasteiger partial charge < -0.3 is 4.57 Å². The highest BCUT2D eigenvalue weighted by atomic mass is 35.5. The van der Waals surface area contributed by atoms with Crippen molar-refractivity contribution in [1.29, 1.82) is 0 Å². The van der Waals surface area contributed by atoms with Gasteiger partial charge in [0, 0.05) is 33.6 Å². The Morgan fingerprint density at radius 3 is 2.83 bits per heavy atom. The number of hydrogen-bond acceptors (Lipinski definition) is 4. The van der Waals surface area contributed by atoms with E-state index < -0.39 is 0 Å². The lowest BCUT2D eigenvalue weighted by Gasteiger charge is -2.05. The summed E-state index contributed by atoms with van der Waals surface area (Å²) in [6, 6.07) is 6.60. The van der Waals surface area contributed by atoms with Crippen LogP contribution < -0.4 is 0 Å². The number of rotatable bonds is 5. The molecule has 120 valence electrons. The normalized spacial score (nSPS) is 11.1. The average molecular weight is 368 g/mol. The molecule has 0 aliphatic rings. The molecule has 0 atom stereocenters. The number of aryl methyl sites for hydroxylation is 1. The van der Waals surface area contributed by atoms with Crippen molar-refractivity contribution < 1.29 is 4.39 Å². The summed E-state index contributed by atoms with van der Waals surface area (Å²) >= 11 is 9.33. The van der Waals surface area contributed by atoms with Gasteiger partial charge in [-0.25, -0.2) is 4.39 Å². The Morgan fingerprint density at radius 2 is 2.13 bits per heavy atom. The molecular weight excluding hydrogens is 353 g/mol. The van der Waals surface area contributed by atoms with Crippen LogP contribution >= 0.6 is 34.7 Å². The van der Waals surface area contributed by atoms with Crippen LogP contribution in [0.15, 0.2) is 34.8 Å². The Morgan fingerprint density at radius 1 is 1.30 bits per heavy atom. The van der Waals surface area contributed by atoms with Crippen LogP contribution in [0.4, 0.5) is 4.39 Å². The Labute approximate surface area is 147 Å². The summed E-state index contributed by atoms with van der Waals surface area (Å²) in [6.07, 6.45) is 1.02. The monoisotopic (exact) mass is 367 g/mol. The van der Waals surface area contributed by atoms with Gasteiger partial charge in [0.1, 0.15) is 5.82 Å². The zero-order valence-corrected chi connectivity index (χ0v) is 15.1. The van der Waals surface area contributed by atoms with Crippen molar-refractivity contribution in [3.05, 3.63) is 50.9 Å². The highest BCUT2D eigenvalue weighted by Crippen LogP contribution is 2.30. The Balaban J connectivity index is 1.77. The molecule has 0 saturated carbocycles. The number of benzene rings is 1. The van der Waals surface area contributed by atoms with Gasteiger partial charge in [-0.05, 0) is 30.2 Å². The molecule has 2 aromatic heterocycles. The number of nitrogens with zero attached hydrogens (tertiary/aromatic N) is 3. The fourth-order valence-electron chi connectivity index (χ4n) is 2.16. The van der Waals surface area contributed by atoms with E-state index in [0.29, 0.717) is 10.8 Å². The van der Waals surface area contributed by atoms with Crippen molar-refractivity contribution in [2.24, 2.45) is 7.05 Å². The zero-order chi connectivity index (χ0) is 16.4. The molecular formula is C16H15ClFN3S2. The van der Waals surface area contributed by atoms with E-state index in [1.165, 1.54) is 28.8 Å². The second-order valence-electron chi connectivity index (χ2n) is 5.04. The predicted molar refractivity (Wildman–Crippen MR) is 94.7 cm³/mol. The third-order valence-electron chi connectivity index (χ3n) is 3.47. The van der Waals surface area contributed by atoms with Crippen molar-refractivity contribution in [3.8, 4) is 11.4 Å². The molecule has 0 spiro atoms. The first-order valence-corrected chi connectivity index (χ1v) is 9.36. The van der Waals surface area contributed by atoms with E-state index >= 15 is 0 Å². The van der Waals surface area contributed by atoms with Crippen LogP contribution in [0.5, 0.6) is 0 Å². The van der Waals surface area contributed by atoms with Crippen molar-refractivity contribution in [2.75, 3.05) is 0 Å².